The lowest BCUT2D eigenvalue weighted by Gasteiger charge is -2.14. The van der Waals surface area contributed by atoms with Gasteiger partial charge in [0.05, 0.1) is 62.4 Å². The number of hydrogen-bond acceptors (Lipinski definition) is 4. The molecule has 2 heterocycles. The molecule has 2 aliphatic heterocycles. The van der Waals surface area contributed by atoms with Gasteiger partial charge in [-0.25, -0.2) is 9.98 Å². The third kappa shape index (κ3) is 4.38. The van der Waals surface area contributed by atoms with Crippen molar-refractivity contribution in [3.05, 3.63) is 98.3 Å². The van der Waals surface area contributed by atoms with Gasteiger partial charge in [0.25, 0.3) is 11.8 Å². The summed E-state index contributed by atoms with van der Waals surface area (Å²) in [5.74, 6) is -1.05. The van der Waals surface area contributed by atoms with E-state index >= 15 is 0 Å². The van der Waals surface area contributed by atoms with Crippen molar-refractivity contribution in [2.24, 2.45) is 9.98 Å². The highest BCUT2D eigenvalue weighted by Gasteiger charge is 2.36. The monoisotopic (exact) mass is 652 g/mol. The molecule has 5 rings (SSSR count). The number of fused-ring (bicyclic) bond motifs is 2. The van der Waals surface area contributed by atoms with Crippen molar-refractivity contribution in [3.8, 4) is 0 Å². The second-order valence-electron chi connectivity index (χ2n) is 7.66. The Labute approximate surface area is 249 Å². The maximum absolute atomic E-state index is 12.7. The fraction of sp³-hybridized carbons (Fsp3) is 0.0435. The molecular weight excluding hydrogens is 648 g/mol. The van der Waals surface area contributed by atoms with Gasteiger partial charge < -0.3 is 10.6 Å². The highest BCUT2D eigenvalue weighted by atomic mass is 35.5. The standard InChI is InChI=1S/C23H8Cl8N4O2/c24-11-7-9(13(26)17(30)15(11)28)22(36)34-20(7)32-19(6-4-2-1-3-5-6)33-21-8-10(23(37)35-21)14(27)18(31)16(29)12(8)25/h1-5,19H,(H,32,34,36)(H,33,35,37). The lowest BCUT2D eigenvalue weighted by molar-refractivity contribution is 0.0975. The predicted molar refractivity (Wildman–Crippen MR) is 150 cm³/mol. The molecule has 0 atom stereocenters. The van der Waals surface area contributed by atoms with Crippen LogP contribution in [0.15, 0.2) is 40.3 Å². The molecule has 14 heteroatoms. The Morgan fingerprint density at radius 3 is 1.24 bits per heavy atom. The van der Waals surface area contributed by atoms with Crippen molar-refractivity contribution in [1.82, 2.24) is 10.6 Å². The van der Waals surface area contributed by atoms with Crippen LogP contribution < -0.4 is 10.6 Å². The van der Waals surface area contributed by atoms with Gasteiger partial charge in [-0.3, -0.25) is 9.59 Å². The summed E-state index contributed by atoms with van der Waals surface area (Å²) in [6, 6.07) is 8.84. The maximum Gasteiger partial charge on any atom is 0.259 e. The highest BCUT2D eigenvalue weighted by molar-refractivity contribution is 6.56. The number of nitrogens with zero attached hydrogens (tertiary/aromatic N) is 2. The van der Waals surface area contributed by atoms with E-state index in [4.69, 9.17) is 92.8 Å². The van der Waals surface area contributed by atoms with Crippen LogP contribution >= 0.6 is 92.8 Å². The van der Waals surface area contributed by atoms with Crippen LogP contribution in [0.4, 0.5) is 0 Å². The zero-order valence-electron chi connectivity index (χ0n) is 17.7. The SMILES string of the molecule is O=C1NC(=NC(N=C2NC(=O)c3c(Cl)c(Cl)c(Cl)c(Cl)c32)c2ccccc2)c2c(Cl)c(Cl)c(Cl)c(Cl)c21. The number of amides is 2. The van der Waals surface area contributed by atoms with Crippen molar-refractivity contribution < 1.29 is 9.59 Å². The van der Waals surface area contributed by atoms with Gasteiger partial charge in [-0.2, -0.15) is 0 Å². The topological polar surface area (TPSA) is 82.9 Å². The Morgan fingerprint density at radius 1 is 0.514 bits per heavy atom. The van der Waals surface area contributed by atoms with Gasteiger partial charge in [-0.05, 0) is 5.56 Å². The average molecular weight is 656 g/mol. The van der Waals surface area contributed by atoms with Gasteiger partial charge in [-0.15, -0.1) is 0 Å². The molecule has 0 bridgehead atoms. The molecule has 0 aromatic heterocycles. The number of rotatable bonds is 3. The number of benzene rings is 3. The summed E-state index contributed by atoms with van der Waals surface area (Å²) >= 11 is 50.2. The molecule has 0 aliphatic carbocycles. The maximum atomic E-state index is 12.7. The first-order chi connectivity index (χ1) is 17.5. The molecule has 0 fully saturated rings. The van der Waals surface area contributed by atoms with Gasteiger partial charge in [0.15, 0.2) is 6.17 Å². The second kappa shape index (κ2) is 10.1. The van der Waals surface area contributed by atoms with Crippen LogP contribution in [0.3, 0.4) is 0 Å². The molecule has 0 unspecified atom stereocenters. The Bertz CT molecular complexity index is 1510. The number of aliphatic imine (C=N–C) groups is 2. The summed E-state index contributed by atoms with van der Waals surface area (Å²) in [4.78, 5) is 34.7. The molecular formula is C23H8Cl8N4O2. The average Bonchev–Trinajstić information content (AvgIpc) is 3.39. The third-order valence-electron chi connectivity index (χ3n) is 5.53. The summed E-state index contributed by atoms with van der Waals surface area (Å²) in [5.41, 5.74) is 0.973. The minimum Gasteiger partial charge on any atom is -0.306 e. The fourth-order valence-electron chi connectivity index (χ4n) is 3.84. The van der Waals surface area contributed by atoms with Crippen molar-refractivity contribution in [2.75, 3.05) is 0 Å². The second-order valence-corrected chi connectivity index (χ2v) is 10.7. The normalized spacial score (nSPS) is 17.2. The lowest BCUT2D eigenvalue weighted by atomic mass is 10.1. The molecule has 37 heavy (non-hydrogen) atoms. The quantitative estimate of drug-likeness (QED) is 0.220. The van der Waals surface area contributed by atoms with Gasteiger partial charge >= 0.3 is 0 Å². The first-order valence-electron chi connectivity index (χ1n) is 10.1. The number of nitrogens with one attached hydrogen (secondary N) is 2. The molecule has 0 saturated carbocycles. The Kier molecular flexibility index (Phi) is 7.33. The van der Waals surface area contributed by atoms with Crippen LogP contribution in [0.2, 0.25) is 40.2 Å². The summed E-state index contributed by atoms with van der Waals surface area (Å²) in [5, 5.41) is 4.89. The van der Waals surface area contributed by atoms with Gasteiger partial charge in [0.2, 0.25) is 0 Å². The van der Waals surface area contributed by atoms with Crippen LogP contribution in [0.1, 0.15) is 43.6 Å². The van der Waals surface area contributed by atoms with Crippen LogP contribution in [-0.4, -0.2) is 23.5 Å². The summed E-state index contributed by atoms with van der Waals surface area (Å²) in [6.07, 6.45) is -1.02. The summed E-state index contributed by atoms with van der Waals surface area (Å²) in [7, 11) is 0. The first kappa shape index (κ1) is 26.9. The van der Waals surface area contributed by atoms with E-state index in [0.717, 1.165) is 0 Å². The van der Waals surface area contributed by atoms with E-state index < -0.39 is 18.0 Å². The van der Waals surface area contributed by atoms with E-state index in [1.54, 1.807) is 30.3 Å². The first-order valence-corrected chi connectivity index (χ1v) is 13.1. The van der Waals surface area contributed by atoms with E-state index in [-0.39, 0.29) is 74.1 Å². The van der Waals surface area contributed by atoms with Crippen molar-refractivity contribution in [3.63, 3.8) is 0 Å². The molecule has 2 aliphatic rings. The third-order valence-corrected chi connectivity index (χ3v) is 9.13. The van der Waals surface area contributed by atoms with E-state index in [0.29, 0.717) is 5.56 Å². The largest absolute Gasteiger partial charge is 0.306 e. The van der Waals surface area contributed by atoms with Gasteiger partial charge in [0.1, 0.15) is 11.7 Å². The lowest BCUT2D eigenvalue weighted by Crippen LogP contribution is -2.24. The zero-order valence-corrected chi connectivity index (χ0v) is 23.7. The van der Waals surface area contributed by atoms with Gasteiger partial charge in [-0.1, -0.05) is 123 Å². The smallest absolute Gasteiger partial charge is 0.259 e. The molecule has 0 saturated heterocycles. The zero-order chi connectivity index (χ0) is 26.8. The van der Waals surface area contributed by atoms with Crippen molar-refractivity contribution in [1.29, 1.82) is 0 Å². The molecule has 2 amide bonds. The molecule has 2 N–H and O–H groups in total. The van der Waals surface area contributed by atoms with E-state index in [1.165, 1.54) is 0 Å². The summed E-state index contributed by atoms with van der Waals surface area (Å²) < 4.78 is 0. The Hall–Kier alpha value is -1.74. The predicted octanol–water partition coefficient (Wildman–Crippen LogP) is 8.29. The number of hydrogen-bond donors (Lipinski definition) is 2. The van der Waals surface area contributed by atoms with Crippen LogP contribution in [-0.2, 0) is 0 Å². The Balaban J connectivity index is 1.73. The summed E-state index contributed by atoms with van der Waals surface area (Å²) in [6.45, 7) is 0. The van der Waals surface area contributed by atoms with E-state index in [2.05, 4.69) is 20.6 Å². The molecule has 3 aromatic carbocycles. The molecule has 0 spiro atoms. The number of halogens is 8. The molecule has 188 valence electrons. The number of amidine groups is 2. The van der Waals surface area contributed by atoms with E-state index in [9.17, 15) is 9.59 Å². The Morgan fingerprint density at radius 2 is 0.865 bits per heavy atom. The number of carbonyl (C=O) groups is 2. The fourth-order valence-corrected chi connectivity index (χ4v) is 5.90. The number of carbonyl (C=O) groups excluding carboxylic acids is 2. The molecule has 0 radical (unpaired) electrons. The van der Waals surface area contributed by atoms with Crippen LogP contribution in [0, 0.1) is 0 Å². The van der Waals surface area contributed by atoms with Crippen molar-refractivity contribution in [2.45, 2.75) is 6.17 Å². The van der Waals surface area contributed by atoms with Crippen LogP contribution in [0.5, 0.6) is 0 Å². The molecule has 6 nitrogen and oxygen atoms in total. The van der Waals surface area contributed by atoms with E-state index in [1.807, 2.05) is 0 Å². The van der Waals surface area contributed by atoms with Crippen LogP contribution in [0.25, 0.3) is 0 Å². The van der Waals surface area contributed by atoms with Crippen molar-refractivity contribution >= 4 is 116 Å². The van der Waals surface area contributed by atoms with Gasteiger partial charge in [0, 0.05) is 0 Å². The minimum absolute atomic E-state index is 0.0154. The molecule has 3 aromatic rings. The highest BCUT2D eigenvalue weighted by Crippen LogP contribution is 2.45. The minimum atomic E-state index is -1.02.